The molecule has 13 heavy (non-hydrogen) atoms. The van der Waals surface area contributed by atoms with Crippen molar-refractivity contribution in [2.24, 2.45) is 5.73 Å². The average Bonchev–Trinajstić information content (AvgIpc) is 2.04. The summed E-state index contributed by atoms with van der Waals surface area (Å²) in [5.41, 5.74) is 6.94. The minimum atomic E-state index is -0.227. The maximum Gasteiger partial charge on any atom is 0.0352 e. The second-order valence-corrected chi connectivity index (χ2v) is 5.02. The molecule has 2 heteroatoms. The number of rotatable bonds is 3. The van der Waals surface area contributed by atoms with E-state index in [1.807, 2.05) is 25.6 Å². The largest absolute Gasteiger partial charge is 0.322 e. The molecule has 72 valence electrons. The van der Waals surface area contributed by atoms with Crippen molar-refractivity contribution in [3.8, 4) is 0 Å². The SMILES string of the molecule is CCSc1ccc(C(C)(C)N)cc1. The van der Waals surface area contributed by atoms with Gasteiger partial charge in [-0.2, -0.15) is 0 Å². The molecule has 0 saturated carbocycles. The number of hydrogen-bond donors (Lipinski definition) is 1. The van der Waals surface area contributed by atoms with Crippen LogP contribution in [0.4, 0.5) is 0 Å². The average molecular weight is 195 g/mol. The van der Waals surface area contributed by atoms with Gasteiger partial charge in [-0.1, -0.05) is 19.1 Å². The summed E-state index contributed by atoms with van der Waals surface area (Å²) in [4.78, 5) is 1.32. The quantitative estimate of drug-likeness (QED) is 0.750. The topological polar surface area (TPSA) is 26.0 Å². The molecular weight excluding hydrogens is 178 g/mol. The first-order valence-electron chi connectivity index (χ1n) is 4.56. The van der Waals surface area contributed by atoms with Crippen molar-refractivity contribution >= 4 is 11.8 Å². The van der Waals surface area contributed by atoms with Crippen LogP contribution in [0.2, 0.25) is 0 Å². The molecule has 1 nitrogen and oxygen atoms in total. The molecule has 0 spiro atoms. The van der Waals surface area contributed by atoms with E-state index in [-0.39, 0.29) is 5.54 Å². The first kappa shape index (κ1) is 10.6. The Morgan fingerprint density at radius 3 is 2.15 bits per heavy atom. The van der Waals surface area contributed by atoms with Crippen LogP contribution in [0.1, 0.15) is 26.3 Å². The third-order valence-electron chi connectivity index (χ3n) is 1.91. The van der Waals surface area contributed by atoms with Gasteiger partial charge in [0.1, 0.15) is 0 Å². The Morgan fingerprint density at radius 1 is 1.23 bits per heavy atom. The molecular formula is C11H17NS. The molecule has 1 rings (SSSR count). The van der Waals surface area contributed by atoms with Crippen molar-refractivity contribution in [1.29, 1.82) is 0 Å². The Kier molecular flexibility index (Phi) is 3.40. The van der Waals surface area contributed by atoms with Gasteiger partial charge in [-0.05, 0) is 37.3 Å². The number of benzene rings is 1. The van der Waals surface area contributed by atoms with Gasteiger partial charge < -0.3 is 5.73 Å². The van der Waals surface area contributed by atoms with Gasteiger partial charge in [0.15, 0.2) is 0 Å². The summed E-state index contributed by atoms with van der Waals surface area (Å²) in [6.07, 6.45) is 0. The molecule has 0 saturated heterocycles. The van der Waals surface area contributed by atoms with Gasteiger partial charge in [0.05, 0.1) is 0 Å². The number of hydrogen-bond acceptors (Lipinski definition) is 2. The summed E-state index contributed by atoms with van der Waals surface area (Å²) in [5.74, 6) is 1.12. The van der Waals surface area contributed by atoms with Crippen LogP contribution in [0.5, 0.6) is 0 Å². The van der Waals surface area contributed by atoms with Gasteiger partial charge in [-0.25, -0.2) is 0 Å². The van der Waals surface area contributed by atoms with Crippen LogP contribution < -0.4 is 5.73 Å². The highest BCUT2D eigenvalue weighted by atomic mass is 32.2. The van der Waals surface area contributed by atoms with Gasteiger partial charge in [-0.15, -0.1) is 11.8 Å². The van der Waals surface area contributed by atoms with Crippen molar-refractivity contribution in [2.75, 3.05) is 5.75 Å². The van der Waals surface area contributed by atoms with Crippen molar-refractivity contribution in [2.45, 2.75) is 31.2 Å². The molecule has 0 unspecified atom stereocenters. The monoisotopic (exact) mass is 195 g/mol. The zero-order valence-corrected chi connectivity index (χ0v) is 9.32. The van der Waals surface area contributed by atoms with Crippen molar-refractivity contribution in [1.82, 2.24) is 0 Å². The van der Waals surface area contributed by atoms with Gasteiger partial charge in [-0.3, -0.25) is 0 Å². The molecule has 0 aliphatic heterocycles. The lowest BCUT2D eigenvalue weighted by molar-refractivity contribution is 0.554. The van der Waals surface area contributed by atoms with Crippen LogP contribution in [0.3, 0.4) is 0 Å². The summed E-state index contributed by atoms with van der Waals surface area (Å²) in [5, 5.41) is 0. The summed E-state index contributed by atoms with van der Waals surface area (Å²) >= 11 is 1.85. The molecule has 0 aromatic heterocycles. The summed E-state index contributed by atoms with van der Waals surface area (Å²) in [6, 6.07) is 8.49. The van der Waals surface area contributed by atoms with Crippen LogP contribution in [0, 0.1) is 0 Å². The van der Waals surface area contributed by atoms with E-state index in [1.54, 1.807) is 0 Å². The third-order valence-corrected chi connectivity index (χ3v) is 2.80. The van der Waals surface area contributed by atoms with E-state index in [0.29, 0.717) is 0 Å². The van der Waals surface area contributed by atoms with E-state index in [1.165, 1.54) is 10.5 Å². The Hall–Kier alpha value is -0.470. The molecule has 1 aromatic carbocycles. The van der Waals surface area contributed by atoms with Crippen LogP contribution in [0.15, 0.2) is 29.2 Å². The number of thioether (sulfide) groups is 1. The third kappa shape index (κ3) is 3.05. The Bertz CT molecular complexity index is 258. The molecule has 0 atom stereocenters. The first-order chi connectivity index (χ1) is 6.04. The van der Waals surface area contributed by atoms with Crippen LogP contribution >= 0.6 is 11.8 Å². The van der Waals surface area contributed by atoms with Gasteiger partial charge in [0.2, 0.25) is 0 Å². The molecule has 2 N–H and O–H groups in total. The van der Waals surface area contributed by atoms with Crippen LogP contribution in [-0.2, 0) is 5.54 Å². The lowest BCUT2D eigenvalue weighted by Gasteiger charge is -2.19. The predicted octanol–water partition coefficient (Wildman–Crippen LogP) is 2.99. The molecule has 0 amide bonds. The minimum Gasteiger partial charge on any atom is -0.322 e. The Morgan fingerprint density at radius 2 is 1.77 bits per heavy atom. The molecule has 0 aliphatic rings. The number of nitrogens with two attached hydrogens (primary N) is 1. The molecule has 0 heterocycles. The zero-order valence-electron chi connectivity index (χ0n) is 8.50. The zero-order chi connectivity index (χ0) is 9.90. The lowest BCUT2D eigenvalue weighted by Crippen LogP contribution is -2.28. The highest BCUT2D eigenvalue weighted by molar-refractivity contribution is 7.99. The summed E-state index contributed by atoms with van der Waals surface area (Å²) in [6.45, 7) is 6.20. The Balaban J connectivity index is 2.81. The van der Waals surface area contributed by atoms with Gasteiger partial charge in [0, 0.05) is 10.4 Å². The van der Waals surface area contributed by atoms with E-state index in [4.69, 9.17) is 5.73 Å². The smallest absolute Gasteiger partial charge is 0.0352 e. The fourth-order valence-electron chi connectivity index (χ4n) is 1.15. The second kappa shape index (κ2) is 4.16. The molecule has 0 bridgehead atoms. The predicted molar refractivity (Wildman–Crippen MR) is 60.1 cm³/mol. The summed E-state index contributed by atoms with van der Waals surface area (Å²) in [7, 11) is 0. The fraction of sp³-hybridized carbons (Fsp3) is 0.455. The van der Waals surface area contributed by atoms with E-state index in [9.17, 15) is 0 Å². The highest BCUT2D eigenvalue weighted by Crippen LogP contribution is 2.22. The van der Waals surface area contributed by atoms with E-state index in [2.05, 4.69) is 31.2 Å². The standard InChI is InChI=1S/C11H17NS/c1-4-13-10-7-5-9(6-8-10)11(2,3)12/h5-8H,4,12H2,1-3H3. The van der Waals surface area contributed by atoms with E-state index in [0.717, 1.165) is 5.75 Å². The molecule has 0 aliphatic carbocycles. The van der Waals surface area contributed by atoms with Crippen molar-refractivity contribution in [3.05, 3.63) is 29.8 Å². The van der Waals surface area contributed by atoms with E-state index < -0.39 is 0 Å². The minimum absolute atomic E-state index is 0.227. The molecule has 0 fully saturated rings. The van der Waals surface area contributed by atoms with Crippen molar-refractivity contribution in [3.63, 3.8) is 0 Å². The van der Waals surface area contributed by atoms with E-state index >= 15 is 0 Å². The normalized spacial score (nSPS) is 11.7. The lowest BCUT2D eigenvalue weighted by atomic mass is 9.96. The highest BCUT2D eigenvalue weighted by Gasteiger charge is 2.12. The van der Waals surface area contributed by atoms with Crippen molar-refractivity contribution < 1.29 is 0 Å². The first-order valence-corrected chi connectivity index (χ1v) is 5.55. The van der Waals surface area contributed by atoms with Crippen LogP contribution in [-0.4, -0.2) is 5.75 Å². The maximum atomic E-state index is 5.97. The Labute approximate surface area is 84.7 Å². The molecule has 0 radical (unpaired) electrons. The fourth-order valence-corrected chi connectivity index (χ4v) is 1.81. The second-order valence-electron chi connectivity index (χ2n) is 3.68. The van der Waals surface area contributed by atoms with Crippen LogP contribution in [0.25, 0.3) is 0 Å². The van der Waals surface area contributed by atoms with Gasteiger partial charge in [0.25, 0.3) is 0 Å². The summed E-state index contributed by atoms with van der Waals surface area (Å²) < 4.78 is 0. The van der Waals surface area contributed by atoms with Gasteiger partial charge >= 0.3 is 0 Å². The maximum absolute atomic E-state index is 5.97. The molecule has 1 aromatic rings.